The van der Waals surface area contributed by atoms with E-state index in [4.69, 9.17) is 5.73 Å². The fourth-order valence-electron chi connectivity index (χ4n) is 1.91. The number of amides is 1. The standard InChI is InChI=1S/C13H17N3OS/c1-8-5-4-6-9-11(8)15-12(18-9)16-13(2,3)7-10(14)17/h4-6H,7H2,1-3H3,(H2,14,17)(H,15,16). The first-order valence-electron chi connectivity index (χ1n) is 5.80. The van der Waals surface area contributed by atoms with Crippen molar-refractivity contribution in [3.05, 3.63) is 23.8 Å². The first-order valence-corrected chi connectivity index (χ1v) is 6.62. The third kappa shape index (κ3) is 2.79. The summed E-state index contributed by atoms with van der Waals surface area (Å²) in [5.41, 5.74) is 7.02. The van der Waals surface area contributed by atoms with Gasteiger partial charge in [0.1, 0.15) is 0 Å². The zero-order valence-corrected chi connectivity index (χ0v) is 11.6. The SMILES string of the molecule is Cc1cccc2sc(NC(C)(C)CC(N)=O)nc12. The maximum absolute atomic E-state index is 11.0. The molecule has 0 unspecified atom stereocenters. The molecule has 0 radical (unpaired) electrons. The Morgan fingerprint density at radius 1 is 1.50 bits per heavy atom. The number of nitrogens with one attached hydrogen (secondary N) is 1. The summed E-state index contributed by atoms with van der Waals surface area (Å²) in [6.07, 6.45) is 0.280. The largest absolute Gasteiger partial charge is 0.370 e. The van der Waals surface area contributed by atoms with Gasteiger partial charge in [0.25, 0.3) is 0 Å². The van der Waals surface area contributed by atoms with Crippen molar-refractivity contribution in [2.24, 2.45) is 5.73 Å². The van der Waals surface area contributed by atoms with Crippen LogP contribution in [0.4, 0.5) is 5.13 Å². The van der Waals surface area contributed by atoms with E-state index in [2.05, 4.69) is 10.3 Å². The second-order valence-corrected chi connectivity index (χ2v) is 6.12. The highest BCUT2D eigenvalue weighted by molar-refractivity contribution is 7.22. The average Bonchev–Trinajstić information content (AvgIpc) is 2.58. The second kappa shape index (κ2) is 4.57. The van der Waals surface area contributed by atoms with Crippen LogP contribution in [0.25, 0.3) is 10.2 Å². The molecule has 1 heterocycles. The van der Waals surface area contributed by atoms with Crippen molar-refractivity contribution >= 4 is 32.6 Å². The summed E-state index contributed by atoms with van der Waals surface area (Å²) in [7, 11) is 0. The molecule has 0 saturated carbocycles. The van der Waals surface area contributed by atoms with Crippen molar-refractivity contribution in [2.45, 2.75) is 32.7 Å². The Morgan fingerprint density at radius 2 is 2.22 bits per heavy atom. The molecule has 1 aromatic heterocycles. The highest BCUT2D eigenvalue weighted by Gasteiger charge is 2.21. The summed E-state index contributed by atoms with van der Waals surface area (Å²) in [5, 5.41) is 4.10. The van der Waals surface area contributed by atoms with Gasteiger partial charge in [-0.3, -0.25) is 4.79 Å². The molecule has 0 aliphatic heterocycles. The summed E-state index contributed by atoms with van der Waals surface area (Å²) in [5.74, 6) is -0.315. The number of thiazole rings is 1. The fraction of sp³-hybridized carbons (Fsp3) is 0.385. The molecule has 5 heteroatoms. The Labute approximate surface area is 110 Å². The number of primary amides is 1. The number of anilines is 1. The number of rotatable bonds is 4. The van der Waals surface area contributed by atoms with Crippen molar-refractivity contribution in [3.8, 4) is 0 Å². The van der Waals surface area contributed by atoms with Crippen molar-refractivity contribution in [1.29, 1.82) is 0 Å². The van der Waals surface area contributed by atoms with E-state index in [1.807, 2.05) is 39.0 Å². The number of hydrogen-bond acceptors (Lipinski definition) is 4. The van der Waals surface area contributed by atoms with E-state index in [-0.39, 0.29) is 17.9 Å². The number of para-hydroxylation sites is 1. The van der Waals surface area contributed by atoms with Crippen LogP contribution in [0.5, 0.6) is 0 Å². The number of benzene rings is 1. The molecule has 2 rings (SSSR count). The van der Waals surface area contributed by atoms with Crippen LogP contribution in [0, 0.1) is 6.92 Å². The van der Waals surface area contributed by atoms with Gasteiger partial charge in [0.05, 0.1) is 10.2 Å². The van der Waals surface area contributed by atoms with E-state index >= 15 is 0 Å². The van der Waals surface area contributed by atoms with Gasteiger partial charge in [0.2, 0.25) is 5.91 Å². The number of fused-ring (bicyclic) bond motifs is 1. The maximum atomic E-state index is 11.0. The first kappa shape index (κ1) is 12.8. The van der Waals surface area contributed by atoms with Gasteiger partial charge in [-0.15, -0.1) is 0 Å². The second-order valence-electron chi connectivity index (χ2n) is 5.09. The molecule has 0 fully saturated rings. The molecule has 1 aromatic carbocycles. The highest BCUT2D eigenvalue weighted by Crippen LogP contribution is 2.30. The van der Waals surface area contributed by atoms with Gasteiger partial charge in [-0.2, -0.15) is 0 Å². The summed E-state index contributed by atoms with van der Waals surface area (Å²) < 4.78 is 1.15. The van der Waals surface area contributed by atoms with Crippen LogP contribution in [0.2, 0.25) is 0 Å². The lowest BCUT2D eigenvalue weighted by atomic mass is 10.0. The molecule has 4 nitrogen and oxygen atoms in total. The number of nitrogens with zero attached hydrogens (tertiary/aromatic N) is 1. The molecule has 18 heavy (non-hydrogen) atoms. The summed E-state index contributed by atoms with van der Waals surface area (Å²) in [4.78, 5) is 15.6. The Kier molecular flexibility index (Phi) is 3.26. The number of nitrogens with two attached hydrogens (primary N) is 1. The molecule has 0 aliphatic carbocycles. The summed E-state index contributed by atoms with van der Waals surface area (Å²) in [6.45, 7) is 5.92. The fourth-order valence-corrected chi connectivity index (χ4v) is 3.03. The third-order valence-electron chi connectivity index (χ3n) is 2.68. The Balaban J connectivity index is 2.27. The number of carbonyl (C=O) groups is 1. The molecule has 3 N–H and O–H groups in total. The lowest BCUT2D eigenvalue weighted by molar-refractivity contribution is -0.118. The van der Waals surface area contributed by atoms with Gasteiger partial charge in [0, 0.05) is 12.0 Å². The number of aromatic nitrogens is 1. The lowest BCUT2D eigenvalue weighted by Gasteiger charge is -2.24. The summed E-state index contributed by atoms with van der Waals surface area (Å²) >= 11 is 1.59. The lowest BCUT2D eigenvalue weighted by Crippen LogP contribution is -2.35. The van der Waals surface area contributed by atoms with Gasteiger partial charge < -0.3 is 11.1 Å². The average molecular weight is 263 g/mol. The quantitative estimate of drug-likeness (QED) is 0.891. The number of aryl methyl sites for hydroxylation is 1. The minimum Gasteiger partial charge on any atom is -0.370 e. The van der Waals surface area contributed by atoms with E-state index in [1.165, 1.54) is 0 Å². The van der Waals surface area contributed by atoms with Gasteiger partial charge in [-0.1, -0.05) is 23.5 Å². The van der Waals surface area contributed by atoms with Crippen LogP contribution in [0.3, 0.4) is 0 Å². The van der Waals surface area contributed by atoms with Crippen molar-refractivity contribution in [2.75, 3.05) is 5.32 Å². The molecule has 96 valence electrons. The molecular formula is C13H17N3OS. The molecule has 1 amide bonds. The predicted molar refractivity (Wildman–Crippen MR) is 75.9 cm³/mol. The maximum Gasteiger partial charge on any atom is 0.219 e. The zero-order valence-electron chi connectivity index (χ0n) is 10.8. The number of hydrogen-bond donors (Lipinski definition) is 2. The van der Waals surface area contributed by atoms with Crippen LogP contribution in [0.1, 0.15) is 25.8 Å². The monoisotopic (exact) mass is 263 g/mol. The van der Waals surface area contributed by atoms with Crippen molar-refractivity contribution < 1.29 is 4.79 Å². The van der Waals surface area contributed by atoms with Crippen molar-refractivity contribution in [1.82, 2.24) is 4.98 Å². The van der Waals surface area contributed by atoms with Gasteiger partial charge in [-0.05, 0) is 32.4 Å². The molecule has 0 saturated heterocycles. The van der Waals surface area contributed by atoms with Gasteiger partial charge in [0.15, 0.2) is 5.13 Å². The normalized spacial score (nSPS) is 11.7. The zero-order chi connectivity index (χ0) is 13.3. The molecule has 0 aliphatic rings. The van der Waals surface area contributed by atoms with E-state index in [0.29, 0.717) is 0 Å². The Hall–Kier alpha value is -1.62. The highest BCUT2D eigenvalue weighted by atomic mass is 32.1. The van der Waals surface area contributed by atoms with E-state index in [0.717, 1.165) is 20.9 Å². The Morgan fingerprint density at radius 3 is 2.83 bits per heavy atom. The molecule has 2 aromatic rings. The minimum absolute atomic E-state index is 0.280. The molecule has 0 bridgehead atoms. The number of carbonyl (C=O) groups excluding carboxylic acids is 1. The van der Waals surface area contributed by atoms with Crippen LogP contribution in [-0.2, 0) is 4.79 Å². The first-order chi connectivity index (χ1) is 8.37. The predicted octanol–water partition coefficient (Wildman–Crippen LogP) is 2.67. The topological polar surface area (TPSA) is 68.0 Å². The van der Waals surface area contributed by atoms with Crippen LogP contribution < -0.4 is 11.1 Å². The molecule has 0 atom stereocenters. The van der Waals surface area contributed by atoms with E-state index in [1.54, 1.807) is 11.3 Å². The van der Waals surface area contributed by atoms with Crippen LogP contribution in [0.15, 0.2) is 18.2 Å². The smallest absolute Gasteiger partial charge is 0.219 e. The Bertz CT molecular complexity index is 589. The van der Waals surface area contributed by atoms with E-state index in [9.17, 15) is 4.79 Å². The van der Waals surface area contributed by atoms with Crippen molar-refractivity contribution in [3.63, 3.8) is 0 Å². The van der Waals surface area contributed by atoms with Gasteiger partial charge >= 0.3 is 0 Å². The molecule has 0 spiro atoms. The third-order valence-corrected chi connectivity index (χ3v) is 3.62. The van der Waals surface area contributed by atoms with Gasteiger partial charge in [-0.25, -0.2) is 4.98 Å². The van der Waals surface area contributed by atoms with Crippen LogP contribution in [-0.4, -0.2) is 16.4 Å². The van der Waals surface area contributed by atoms with E-state index < -0.39 is 0 Å². The summed E-state index contributed by atoms with van der Waals surface area (Å²) in [6, 6.07) is 6.11. The van der Waals surface area contributed by atoms with Crippen LogP contribution >= 0.6 is 11.3 Å². The molecular weight excluding hydrogens is 246 g/mol. The minimum atomic E-state index is -0.381.